The van der Waals surface area contributed by atoms with Gasteiger partial charge in [-0.25, -0.2) is 4.79 Å². The molecule has 1 saturated heterocycles. The van der Waals surface area contributed by atoms with Crippen LogP contribution in [0, 0.1) is 5.92 Å². The Morgan fingerprint density at radius 1 is 1.22 bits per heavy atom. The summed E-state index contributed by atoms with van der Waals surface area (Å²) in [6, 6.07) is 6.45. The second-order valence-corrected chi connectivity index (χ2v) is 6.63. The molecule has 1 N–H and O–H groups in total. The first kappa shape index (κ1) is 17.0. The molecule has 1 aliphatic heterocycles. The van der Waals surface area contributed by atoms with Crippen LogP contribution in [0.2, 0.25) is 0 Å². The molecule has 6 heteroatoms. The fourth-order valence-corrected chi connectivity index (χ4v) is 2.58. The van der Waals surface area contributed by atoms with Gasteiger partial charge in [0, 0.05) is 24.2 Å². The lowest BCUT2D eigenvalue weighted by atomic mass is 10.1. The highest BCUT2D eigenvalue weighted by atomic mass is 16.5. The zero-order valence-corrected chi connectivity index (χ0v) is 13.9. The van der Waals surface area contributed by atoms with Gasteiger partial charge in [-0.15, -0.1) is 0 Å². The van der Waals surface area contributed by atoms with Crippen molar-refractivity contribution in [2.45, 2.75) is 32.7 Å². The van der Waals surface area contributed by atoms with E-state index in [0.717, 1.165) is 0 Å². The third-order valence-electron chi connectivity index (χ3n) is 3.88. The van der Waals surface area contributed by atoms with Crippen molar-refractivity contribution in [3.05, 3.63) is 29.8 Å². The lowest BCUT2D eigenvalue weighted by molar-refractivity contribution is -0.131. The predicted molar refractivity (Wildman–Crippen MR) is 86.0 cm³/mol. The van der Waals surface area contributed by atoms with E-state index in [0.29, 0.717) is 17.8 Å². The molecule has 1 unspecified atom stereocenters. The summed E-state index contributed by atoms with van der Waals surface area (Å²) in [6.07, 6.45) is 0.226. The molecule has 1 fully saturated rings. The molecule has 0 bridgehead atoms. The van der Waals surface area contributed by atoms with E-state index in [4.69, 9.17) is 0 Å². The first-order chi connectivity index (χ1) is 10.7. The average molecular weight is 318 g/mol. The lowest BCUT2D eigenvalue weighted by Crippen LogP contribution is -2.42. The van der Waals surface area contributed by atoms with Gasteiger partial charge in [0.2, 0.25) is 11.8 Å². The monoisotopic (exact) mass is 318 g/mol. The highest BCUT2D eigenvalue weighted by Crippen LogP contribution is 2.26. The van der Waals surface area contributed by atoms with E-state index in [9.17, 15) is 14.4 Å². The summed E-state index contributed by atoms with van der Waals surface area (Å²) in [6.45, 7) is 6.29. The maximum absolute atomic E-state index is 12.3. The number of likely N-dealkylation sites (tertiary alicyclic amines) is 1. The first-order valence-corrected chi connectivity index (χ1v) is 7.52. The minimum absolute atomic E-state index is 0.00121. The minimum atomic E-state index is -0.426. The summed E-state index contributed by atoms with van der Waals surface area (Å²) in [4.78, 5) is 37.5. The fourth-order valence-electron chi connectivity index (χ4n) is 2.58. The van der Waals surface area contributed by atoms with Gasteiger partial charge in [0.05, 0.1) is 18.6 Å². The van der Waals surface area contributed by atoms with Gasteiger partial charge < -0.3 is 15.0 Å². The summed E-state index contributed by atoms with van der Waals surface area (Å²) >= 11 is 0. The second-order valence-electron chi connectivity index (χ2n) is 6.63. The Bertz CT molecular complexity index is 616. The molecular formula is C17H22N2O4. The normalized spacial score (nSPS) is 18.0. The van der Waals surface area contributed by atoms with E-state index < -0.39 is 5.97 Å². The van der Waals surface area contributed by atoms with Crippen LogP contribution in [-0.4, -0.2) is 41.9 Å². The van der Waals surface area contributed by atoms with Crippen LogP contribution >= 0.6 is 0 Å². The summed E-state index contributed by atoms with van der Waals surface area (Å²) in [5.41, 5.74) is 0.721. The molecular weight excluding hydrogens is 296 g/mol. The van der Waals surface area contributed by atoms with Crippen LogP contribution in [0.3, 0.4) is 0 Å². The van der Waals surface area contributed by atoms with Gasteiger partial charge in [-0.1, -0.05) is 0 Å². The van der Waals surface area contributed by atoms with E-state index in [1.54, 1.807) is 29.2 Å². The molecule has 1 aromatic carbocycles. The van der Waals surface area contributed by atoms with Crippen LogP contribution in [0.4, 0.5) is 5.69 Å². The molecule has 0 aliphatic carbocycles. The number of nitrogens with one attached hydrogen (secondary N) is 1. The fraction of sp³-hybridized carbons (Fsp3) is 0.471. The minimum Gasteiger partial charge on any atom is -0.465 e. The average Bonchev–Trinajstić information content (AvgIpc) is 2.89. The van der Waals surface area contributed by atoms with Crippen molar-refractivity contribution >= 4 is 23.5 Å². The molecule has 2 rings (SSSR count). The van der Waals surface area contributed by atoms with Crippen molar-refractivity contribution in [2.75, 3.05) is 19.0 Å². The number of anilines is 1. The first-order valence-electron chi connectivity index (χ1n) is 7.52. The van der Waals surface area contributed by atoms with Gasteiger partial charge in [0.25, 0.3) is 0 Å². The third-order valence-corrected chi connectivity index (χ3v) is 3.88. The second kappa shape index (κ2) is 6.40. The molecule has 1 aliphatic rings. The van der Waals surface area contributed by atoms with Crippen molar-refractivity contribution in [3.63, 3.8) is 0 Å². The van der Waals surface area contributed by atoms with Crippen LogP contribution in [0.25, 0.3) is 0 Å². The van der Waals surface area contributed by atoms with Crippen LogP contribution in [0.15, 0.2) is 24.3 Å². The van der Waals surface area contributed by atoms with Crippen molar-refractivity contribution in [1.82, 2.24) is 4.90 Å². The molecule has 2 amide bonds. The Kier molecular flexibility index (Phi) is 4.73. The molecule has 0 saturated carbocycles. The van der Waals surface area contributed by atoms with Crippen LogP contribution in [-0.2, 0) is 14.3 Å². The molecule has 1 aromatic rings. The summed E-state index contributed by atoms with van der Waals surface area (Å²) < 4.78 is 4.62. The smallest absolute Gasteiger partial charge is 0.337 e. The summed E-state index contributed by atoms with van der Waals surface area (Å²) in [7, 11) is 1.32. The number of nitrogens with zero attached hydrogens (tertiary/aromatic N) is 1. The molecule has 23 heavy (non-hydrogen) atoms. The summed E-state index contributed by atoms with van der Waals surface area (Å²) in [5, 5.41) is 2.79. The van der Waals surface area contributed by atoms with Crippen LogP contribution in [0.5, 0.6) is 0 Å². The number of benzene rings is 1. The maximum Gasteiger partial charge on any atom is 0.337 e. The maximum atomic E-state index is 12.3. The number of carbonyl (C=O) groups excluding carboxylic acids is 3. The lowest BCUT2D eigenvalue weighted by Gasteiger charge is -2.31. The highest BCUT2D eigenvalue weighted by molar-refractivity contribution is 5.98. The van der Waals surface area contributed by atoms with E-state index >= 15 is 0 Å². The quantitative estimate of drug-likeness (QED) is 0.866. The zero-order chi connectivity index (χ0) is 17.2. The Hall–Kier alpha value is -2.37. The van der Waals surface area contributed by atoms with Crippen LogP contribution < -0.4 is 5.32 Å². The SMILES string of the molecule is COC(=O)c1ccc(NC(=O)C2CC(=O)N(C(C)(C)C)C2)cc1. The number of carbonyl (C=O) groups is 3. The molecule has 6 nitrogen and oxygen atoms in total. The van der Waals surface area contributed by atoms with Crippen molar-refractivity contribution < 1.29 is 19.1 Å². The molecule has 0 radical (unpaired) electrons. The number of methoxy groups -OCH3 is 1. The number of esters is 1. The van der Waals surface area contributed by atoms with Crippen molar-refractivity contribution in [1.29, 1.82) is 0 Å². The Balaban J connectivity index is 2.00. The predicted octanol–water partition coefficient (Wildman–Crippen LogP) is 2.06. The highest BCUT2D eigenvalue weighted by Gasteiger charge is 2.39. The third kappa shape index (κ3) is 3.88. The van der Waals surface area contributed by atoms with Gasteiger partial charge in [-0.2, -0.15) is 0 Å². The molecule has 0 aromatic heterocycles. The Labute approximate surface area is 135 Å². The number of hydrogen-bond donors (Lipinski definition) is 1. The Morgan fingerprint density at radius 3 is 2.30 bits per heavy atom. The van der Waals surface area contributed by atoms with Crippen molar-refractivity contribution in [3.8, 4) is 0 Å². The molecule has 1 atom stereocenters. The van der Waals surface area contributed by atoms with Gasteiger partial charge in [0.15, 0.2) is 0 Å². The Morgan fingerprint density at radius 2 is 1.83 bits per heavy atom. The van der Waals surface area contributed by atoms with E-state index in [1.165, 1.54) is 7.11 Å². The van der Waals surface area contributed by atoms with E-state index in [1.807, 2.05) is 20.8 Å². The topological polar surface area (TPSA) is 75.7 Å². The van der Waals surface area contributed by atoms with E-state index in [2.05, 4.69) is 10.1 Å². The molecule has 1 heterocycles. The number of amides is 2. The zero-order valence-electron chi connectivity index (χ0n) is 13.9. The van der Waals surface area contributed by atoms with Gasteiger partial charge in [-0.3, -0.25) is 9.59 Å². The number of hydrogen-bond acceptors (Lipinski definition) is 4. The standard InChI is InChI=1S/C17H22N2O4/c1-17(2,3)19-10-12(9-14(19)20)15(21)18-13-7-5-11(6-8-13)16(22)23-4/h5-8,12H,9-10H2,1-4H3,(H,18,21). The van der Waals surface area contributed by atoms with Gasteiger partial charge in [-0.05, 0) is 45.0 Å². The summed E-state index contributed by atoms with van der Waals surface area (Å²) in [5.74, 6) is -0.971. The van der Waals surface area contributed by atoms with Crippen molar-refractivity contribution in [2.24, 2.45) is 5.92 Å². The number of ether oxygens (including phenoxy) is 1. The van der Waals surface area contributed by atoms with Gasteiger partial charge in [0.1, 0.15) is 0 Å². The largest absolute Gasteiger partial charge is 0.465 e. The molecule has 124 valence electrons. The van der Waals surface area contributed by atoms with Gasteiger partial charge >= 0.3 is 5.97 Å². The molecule has 0 spiro atoms. The van der Waals surface area contributed by atoms with Crippen LogP contribution in [0.1, 0.15) is 37.6 Å². The number of rotatable bonds is 3. The van der Waals surface area contributed by atoms with E-state index in [-0.39, 0.29) is 29.7 Å².